The molecule has 3 rings (SSSR count). The summed E-state index contributed by atoms with van der Waals surface area (Å²) in [5, 5.41) is 23.6. The van der Waals surface area contributed by atoms with Gasteiger partial charge in [0.05, 0.1) is 17.3 Å². The van der Waals surface area contributed by atoms with Crippen LogP contribution < -0.4 is 5.56 Å². The third kappa shape index (κ3) is 3.82. The minimum absolute atomic E-state index is 0.0788. The van der Waals surface area contributed by atoms with E-state index in [2.05, 4.69) is 11.2 Å². The lowest BCUT2D eigenvalue weighted by atomic mass is 9.97. The van der Waals surface area contributed by atoms with Crippen LogP contribution in [-0.4, -0.2) is 25.4 Å². The summed E-state index contributed by atoms with van der Waals surface area (Å²) in [5.74, 6) is -1.12. The van der Waals surface area contributed by atoms with Crippen molar-refractivity contribution in [1.82, 2.24) is 14.3 Å². The maximum Gasteiger partial charge on any atom is 0.327 e. The fourth-order valence-corrected chi connectivity index (χ4v) is 3.27. The zero-order chi connectivity index (χ0) is 20.4. The van der Waals surface area contributed by atoms with E-state index in [1.165, 1.54) is 16.8 Å². The molecule has 0 fully saturated rings. The van der Waals surface area contributed by atoms with E-state index in [0.717, 1.165) is 0 Å². The van der Waals surface area contributed by atoms with E-state index in [1.807, 2.05) is 0 Å². The molecule has 8 heteroatoms. The van der Waals surface area contributed by atoms with Gasteiger partial charge in [-0.2, -0.15) is 10.4 Å². The molecule has 0 radical (unpaired) electrons. The highest BCUT2D eigenvalue weighted by Gasteiger charge is 2.23. The van der Waals surface area contributed by atoms with Crippen molar-refractivity contribution >= 4 is 17.6 Å². The van der Waals surface area contributed by atoms with Crippen LogP contribution in [0, 0.1) is 18.3 Å². The Morgan fingerprint density at radius 3 is 2.68 bits per heavy atom. The molecular formula is C20H17ClN4O3. The lowest BCUT2D eigenvalue weighted by molar-refractivity contribution is -0.141. The molecule has 2 heterocycles. The van der Waals surface area contributed by atoms with E-state index in [0.29, 0.717) is 33.0 Å². The van der Waals surface area contributed by atoms with Crippen molar-refractivity contribution < 1.29 is 9.90 Å². The van der Waals surface area contributed by atoms with Gasteiger partial charge in [-0.05, 0) is 42.3 Å². The van der Waals surface area contributed by atoms with Crippen molar-refractivity contribution in [2.45, 2.75) is 19.4 Å². The van der Waals surface area contributed by atoms with Crippen LogP contribution in [0.25, 0.3) is 11.1 Å². The molecule has 142 valence electrons. The number of aliphatic carboxylic acids is 1. The number of carboxylic acid groups (broad SMARTS) is 1. The molecule has 2 aromatic heterocycles. The number of aromatic nitrogens is 3. The molecule has 3 aromatic rings. The Kier molecular flexibility index (Phi) is 5.34. The number of nitriles is 1. The summed E-state index contributed by atoms with van der Waals surface area (Å²) in [6.07, 6.45) is 3.30. The third-order valence-electron chi connectivity index (χ3n) is 4.46. The van der Waals surface area contributed by atoms with Crippen LogP contribution >= 0.6 is 11.6 Å². The monoisotopic (exact) mass is 396 g/mol. The van der Waals surface area contributed by atoms with Gasteiger partial charge in [0.25, 0.3) is 5.56 Å². The quantitative estimate of drug-likeness (QED) is 0.714. The third-order valence-corrected chi connectivity index (χ3v) is 4.70. The van der Waals surface area contributed by atoms with Gasteiger partial charge in [-0.25, -0.2) is 4.79 Å². The summed E-state index contributed by atoms with van der Waals surface area (Å²) in [7, 11) is 1.74. The summed E-state index contributed by atoms with van der Waals surface area (Å²) in [6.45, 7) is 1.76. The van der Waals surface area contributed by atoms with Crippen molar-refractivity contribution in [3.63, 3.8) is 0 Å². The predicted octanol–water partition coefficient (Wildman–Crippen LogP) is 2.95. The van der Waals surface area contributed by atoms with Gasteiger partial charge in [0.2, 0.25) is 0 Å². The molecule has 1 aromatic carbocycles. The zero-order valence-corrected chi connectivity index (χ0v) is 16.0. The summed E-state index contributed by atoms with van der Waals surface area (Å²) >= 11 is 6.05. The van der Waals surface area contributed by atoms with Gasteiger partial charge in [-0.15, -0.1) is 0 Å². The van der Waals surface area contributed by atoms with Crippen LogP contribution in [0.4, 0.5) is 0 Å². The first kappa shape index (κ1) is 19.4. The number of hydrogen-bond acceptors (Lipinski definition) is 4. The number of benzene rings is 1. The van der Waals surface area contributed by atoms with Crippen molar-refractivity contribution in [2.75, 3.05) is 0 Å². The highest BCUT2D eigenvalue weighted by molar-refractivity contribution is 6.30. The Labute approximate surface area is 166 Å². The van der Waals surface area contributed by atoms with Crippen LogP contribution in [0.2, 0.25) is 5.02 Å². The number of halogens is 1. The number of rotatable bonds is 5. The molecule has 7 nitrogen and oxygen atoms in total. The highest BCUT2D eigenvalue weighted by Crippen LogP contribution is 2.29. The minimum atomic E-state index is -1.12. The second-order valence-electron chi connectivity index (χ2n) is 6.46. The smallest absolute Gasteiger partial charge is 0.327 e. The minimum Gasteiger partial charge on any atom is -0.480 e. The van der Waals surface area contributed by atoms with Crippen LogP contribution in [0.1, 0.15) is 22.9 Å². The standard InChI is InChI=1S/C20H17ClN4O3/c1-12-11-25(18(20(27)28)8-15-5-6-24(2)23-15)19(26)9-16(12)17-7-14(21)4-3-13(17)10-22/h3-7,9,11,18H,8H2,1-2H3,(H,27,28). The van der Waals surface area contributed by atoms with Gasteiger partial charge < -0.3 is 9.67 Å². The fourth-order valence-electron chi connectivity index (χ4n) is 3.10. The summed E-state index contributed by atoms with van der Waals surface area (Å²) < 4.78 is 2.76. The van der Waals surface area contributed by atoms with Crippen LogP contribution in [0.3, 0.4) is 0 Å². The molecule has 1 atom stereocenters. The van der Waals surface area contributed by atoms with Gasteiger partial charge in [0.1, 0.15) is 6.04 Å². The maximum absolute atomic E-state index is 12.7. The molecule has 28 heavy (non-hydrogen) atoms. The average Bonchev–Trinajstić information content (AvgIpc) is 3.06. The fraction of sp³-hybridized carbons (Fsp3) is 0.200. The maximum atomic E-state index is 12.7. The molecular weight excluding hydrogens is 380 g/mol. The Morgan fingerprint density at radius 1 is 1.32 bits per heavy atom. The van der Waals surface area contributed by atoms with Crippen molar-refractivity contribution in [3.05, 3.63) is 74.9 Å². The van der Waals surface area contributed by atoms with E-state index >= 15 is 0 Å². The highest BCUT2D eigenvalue weighted by atomic mass is 35.5. The van der Waals surface area contributed by atoms with Gasteiger partial charge in [-0.3, -0.25) is 9.48 Å². The molecule has 0 saturated carbocycles. The lowest BCUT2D eigenvalue weighted by Crippen LogP contribution is -2.31. The van der Waals surface area contributed by atoms with Crippen LogP contribution in [0.15, 0.2) is 47.5 Å². The first-order chi connectivity index (χ1) is 13.3. The van der Waals surface area contributed by atoms with E-state index in [9.17, 15) is 20.0 Å². The molecule has 0 bridgehead atoms. The first-order valence-electron chi connectivity index (χ1n) is 8.44. The number of carbonyl (C=O) groups is 1. The van der Waals surface area contributed by atoms with E-state index in [4.69, 9.17) is 11.6 Å². The Bertz CT molecular complexity index is 1160. The van der Waals surface area contributed by atoms with Gasteiger partial charge in [0, 0.05) is 42.5 Å². The molecule has 0 aliphatic heterocycles. The summed E-state index contributed by atoms with van der Waals surface area (Å²) in [5.41, 5.74) is 2.21. The number of hydrogen-bond donors (Lipinski definition) is 1. The Morgan fingerprint density at radius 2 is 2.07 bits per heavy atom. The van der Waals surface area contributed by atoms with Gasteiger partial charge in [0.15, 0.2) is 0 Å². The molecule has 0 amide bonds. The molecule has 0 aliphatic rings. The first-order valence-corrected chi connectivity index (χ1v) is 8.82. The van der Waals surface area contributed by atoms with Gasteiger partial charge in [-0.1, -0.05) is 11.6 Å². The number of nitrogens with zero attached hydrogens (tertiary/aromatic N) is 4. The number of pyridine rings is 1. The number of carboxylic acids is 1. The summed E-state index contributed by atoms with van der Waals surface area (Å²) in [4.78, 5) is 24.6. The molecule has 0 aliphatic carbocycles. The predicted molar refractivity (Wildman–Crippen MR) is 104 cm³/mol. The van der Waals surface area contributed by atoms with Crippen LogP contribution in [-0.2, 0) is 18.3 Å². The largest absolute Gasteiger partial charge is 0.480 e. The van der Waals surface area contributed by atoms with Crippen molar-refractivity contribution in [1.29, 1.82) is 5.26 Å². The second-order valence-corrected chi connectivity index (χ2v) is 6.89. The van der Waals surface area contributed by atoms with Gasteiger partial charge >= 0.3 is 5.97 Å². The second kappa shape index (κ2) is 7.71. The average molecular weight is 397 g/mol. The Hall–Kier alpha value is -3.37. The SMILES string of the molecule is Cc1cn(C(Cc2ccn(C)n2)C(=O)O)c(=O)cc1-c1cc(Cl)ccc1C#N. The van der Waals surface area contributed by atoms with Crippen molar-refractivity contribution in [2.24, 2.45) is 7.05 Å². The summed E-state index contributed by atoms with van der Waals surface area (Å²) in [6, 6.07) is 8.86. The normalized spacial score (nSPS) is 11.8. The van der Waals surface area contributed by atoms with E-state index < -0.39 is 17.6 Å². The topological polar surface area (TPSA) is 101 Å². The van der Waals surface area contributed by atoms with Crippen LogP contribution in [0.5, 0.6) is 0 Å². The Balaban J connectivity index is 2.08. The van der Waals surface area contributed by atoms with E-state index in [1.54, 1.807) is 49.1 Å². The molecule has 1 N–H and O–H groups in total. The van der Waals surface area contributed by atoms with Crippen molar-refractivity contribution in [3.8, 4) is 17.2 Å². The zero-order valence-electron chi connectivity index (χ0n) is 15.3. The lowest BCUT2D eigenvalue weighted by Gasteiger charge is -2.17. The molecule has 1 unspecified atom stereocenters. The molecule has 0 spiro atoms. The number of aryl methyl sites for hydroxylation is 2. The van der Waals surface area contributed by atoms with E-state index in [-0.39, 0.29) is 6.42 Å². The molecule has 0 saturated heterocycles.